The minimum Gasteiger partial charge on any atom is -0.497 e. The first-order valence-electron chi connectivity index (χ1n) is 10.3. The Balaban J connectivity index is 1.85. The van der Waals surface area contributed by atoms with E-state index in [1.165, 1.54) is 5.56 Å². The van der Waals surface area contributed by atoms with Crippen molar-refractivity contribution in [2.24, 2.45) is 9.98 Å². The predicted octanol–water partition coefficient (Wildman–Crippen LogP) is 6.66. The smallest absolute Gasteiger partial charge is 0.119 e. The van der Waals surface area contributed by atoms with Crippen LogP contribution in [0, 0.1) is 6.92 Å². The Hall–Kier alpha value is -3.98. The third-order valence-corrected chi connectivity index (χ3v) is 5.42. The molecule has 0 atom stereocenters. The van der Waals surface area contributed by atoms with E-state index in [1.54, 1.807) is 7.11 Å². The van der Waals surface area contributed by atoms with Crippen molar-refractivity contribution in [2.45, 2.75) is 6.92 Å². The van der Waals surface area contributed by atoms with Crippen LogP contribution in [0.2, 0.25) is 0 Å². The van der Waals surface area contributed by atoms with Crippen LogP contribution in [0.3, 0.4) is 0 Å². The van der Waals surface area contributed by atoms with Crippen molar-refractivity contribution in [3.8, 4) is 5.75 Å². The number of aliphatic imine (C=N–C) groups is 2. The molecule has 0 aromatic heterocycles. The molecule has 31 heavy (non-hydrogen) atoms. The summed E-state index contributed by atoms with van der Waals surface area (Å²) < 4.78 is 5.53. The minimum absolute atomic E-state index is 0.781. The van der Waals surface area contributed by atoms with Gasteiger partial charge in [0.2, 0.25) is 0 Å². The van der Waals surface area contributed by atoms with E-state index >= 15 is 0 Å². The molecule has 1 aliphatic rings. The maximum Gasteiger partial charge on any atom is 0.119 e. The first-order valence-corrected chi connectivity index (χ1v) is 10.3. The summed E-state index contributed by atoms with van der Waals surface area (Å²) in [7, 11) is 1.68. The van der Waals surface area contributed by atoms with Gasteiger partial charge in [-0.15, -0.1) is 0 Å². The van der Waals surface area contributed by atoms with E-state index in [4.69, 9.17) is 14.7 Å². The maximum atomic E-state index is 5.53. The van der Waals surface area contributed by atoms with Crippen LogP contribution in [0.15, 0.2) is 107 Å². The van der Waals surface area contributed by atoms with Crippen molar-refractivity contribution in [3.05, 3.63) is 125 Å². The highest BCUT2D eigenvalue weighted by Crippen LogP contribution is 2.35. The second-order valence-corrected chi connectivity index (χ2v) is 7.56. The molecule has 5 rings (SSSR count). The summed E-state index contributed by atoms with van der Waals surface area (Å²) in [5, 5.41) is 0. The van der Waals surface area contributed by atoms with E-state index < -0.39 is 0 Å². The molecule has 0 aliphatic carbocycles. The lowest BCUT2D eigenvalue weighted by molar-refractivity contribution is 0.415. The van der Waals surface area contributed by atoms with Gasteiger partial charge in [-0.2, -0.15) is 0 Å². The zero-order chi connectivity index (χ0) is 21.2. The van der Waals surface area contributed by atoms with E-state index in [2.05, 4.69) is 49.4 Å². The Labute approximate surface area is 182 Å². The SMILES string of the molecule is COc1ccc2c(c1)/C(c1ccccc1)=N\c1ccc(C)cc1/C(c1ccccc1)=N\2. The lowest BCUT2D eigenvalue weighted by atomic mass is 9.95. The molecule has 0 unspecified atom stereocenters. The Morgan fingerprint density at radius 1 is 0.581 bits per heavy atom. The van der Waals surface area contributed by atoms with E-state index in [1.807, 2.05) is 54.6 Å². The lowest BCUT2D eigenvalue weighted by Crippen LogP contribution is -2.10. The monoisotopic (exact) mass is 402 g/mol. The summed E-state index contributed by atoms with van der Waals surface area (Å²) in [5.74, 6) is 0.781. The molecular formula is C28H22N2O. The first-order chi connectivity index (χ1) is 15.2. The highest BCUT2D eigenvalue weighted by atomic mass is 16.5. The van der Waals surface area contributed by atoms with Gasteiger partial charge in [0.25, 0.3) is 0 Å². The van der Waals surface area contributed by atoms with Crippen LogP contribution in [0.25, 0.3) is 0 Å². The fourth-order valence-corrected chi connectivity index (χ4v) is 3.86. The molecule has 1 aliphatic heterocycles. The standard InChI is InChI=1S/C28H22N2O/c1-19-13-15-25-23(17-19)27(20-9-5-3-6-10-20)30-26-16-14-22(31-2)18-24(26)28(29-25)21-11-7-4-8-12-21/h3-18H,1-2H3/b27-23?,28-24?,29-25?,29-28-,30-26?,30-27-. The number of fused-ring (bicyclic) bond motifs is 2. The fraction of sp³-hybridized carbons (Fsp3) is 0.0714. The van der Waals surface area contributed by atoms with E-state index in [9.17, 15) is 0 Å². The minimum atomic E-state index is 0.781. The first kappa shape index (κ1) is 19.0. The molecule has 0 amide bonds. The summed E-state index contributed by atoms with van der Waals surface area (Å²) in [5.41, 5.74) is 8.84. The highest BCUT2D eigenvalue weighted by Gasteiger charge is 2.20. The molecule has 0 spiro atoms. The summed E-state index contributed by atoms with van der Waals surface area (Å²) in [6.45, 7) is 2.10. The Kier molecular flexibility index (Phi) is 4.93. The average molecular weight is 402 g/mol. The van der Waals surface area contributed by atoms with Crippen molar-refractivity contribution in [2.75, 3.05) is 7.11 Å². The number of nitrogens with zero attached hydrogens (tertiary/aromatic N) is 2. The third-order valence-electron chi connectivity index (χ3n) is 5.42. The number of benzene rings is 4. The van der Waals surface area contributed by atoms with Gasteiger partial charge in [-0.3, -0.25) is 0 Å². The molecule has 150 valence electrons. The van der Waals surface area contributed by atoms with Crippen LogP contribution < -0.4 is 4.74 Å². The molecule has 0 radical (unpaired) electrons. The summed E-state index contributed by atoms with van der Waals surface area (Å²) in [4.78, 5) is 10.4. The molecular weight excluding hydrogens is 380 g/mol. The van der Waals surface area contributed by atoms with Gasteiger partial charge in [-0.05, 0) is 37.3 Å². The van der Waals surface area contributed by atoms with Gasteiger partial charge < -0.3 is 4.74 Å². The van der Waals surface area contributed by atoms with E-state index in [0.717, 1.165) is 50.8 Å². The second-order valence-electron chi connectivity index (χ2n) is 7.56. The third kappa shape index (κ3) is 3.66. The molecule has 0 saturated heterocycles. The van der Waals surface area contributed by atoms with E-state index in [-0.39, 0.29) is 0 Å². The number of rotatable bonds is 3. The average Bonchev–Trinajstić information content (AvgIpc) is 2.82. The van der Waals surface area contributed by atoms with Gasteiger partial charge in [0.15, 0.2) is 0 Å². The zero-order valence-corrected chi connectivity index (χ0v) is 17.5. The quantitative estimate of drug-likeness (QED) is 0.332. The number of aryl methyl sites for hydroxylation is 1. The molecule has 3 nitrogen and oxygen atoms in total. The largest absolute Gasteiger partial charge is 0.497 e. The number of methoxy groups -OCH3 is 1. The van der Waals surface area contributed by atoms with Crippen LogP contribution in [0.5, 0.6) is 5.75 Å². The van der Waals surface area contributed by atoms with Crippen LogP contribution in [0.4, 0.5) is 11.4 Å². The molecule has 0 saturated carbocycles. The van der Waals surface area contributed by atoms with Crippen molar-refractivity contribution in [3.63, 3.8) is 0 Å². The van der Waals surface area contributed by atoms with E-state index in [0.29, 0.717) is 0 Å². The topological polar surface area (TPSA) is 34.0 Å². The number of ether oxygens (including phenoxy) is 1. The molecule has 0 fully saturated rings. The molecule has 4 aromatic carbocycles. The lowest BCUT2D eigenvalue weighted by Gasteiger charge is -2.19. The molecule has 3 heteroatoms. The van der Waals surface area contributed by atoms with Crippen molar-refractivity contribution < 1.29 is 4.74 Å². The highest BCUT2D eigenvalue weighted by molar-refractivity contribution is 6.22. The van der Waals surface area contributed by atoms with Gasteiger partial charge in [-0.1, -0.05) is 72.3 Å². The molecule has 4 aromatic rings. The molecule has 1 heterocycles. The van der Waals surface area contributed by atoms with Crippen LogP contribution in [0.1, 0.15) is 27.8 Å². The summed E-state index contributed by atoms with van der Waals surface area (Å²) in [6.07, 6.45) is 0. The molecule has 0 N–H and O–H groups in total. The van der Waals surface area contributed by atoms with Crippen molar-refractivity contribution in [1.82, 2.24) is 0 Å². The van der Waals surface area contributed by atoms with Crippen LogP contribution >= 0.6 is 0 Å². The van der Waals surface area contributed by atoms with Gasteiger partial charge in [0.1, 0.15) is 5.75 Å². The van der Waals surface area contributed by atoms with Gasteiger partial charge in [0, 0.05) is 22.3 Å². The maximum absolute atomic E-state index is 5.53. The fourth-order valence-electron chi connectivity index (χ4n) is 3.86. The van der Waals surface area contributed by atoms with Crippen molar-refractivity contribution >= 4 is 22.8 Å². The zero-order valence-electron chi connectivity index (χ0n) is 17.5. The Bertz CT molecular complexity index is 1310. The van der Waals surface area contributed by atoms with Gasteiger partial charge >= 0.3 is 0 Å². The second kappa shape index (κ2) is 8.04. The van der Waals surface area contributed by atoms with Gasteiger partial charge in [-0.25, -0.2) is 9.98 Å². The van der Waals surface area contributed by atoms with Crippen LogP contribution in [-0.4, -0.2) is 18.5 Å². The van der Waals surface area contributed by atoms with Gasteiger partial charge in [0.05, 0.1) is 29.9 Å². The Morgan fingerprint density at radius 2 is 1.10 bits per heavy atom. The normalized spacial score (nSPS) is 15.9. The Morgan fingerprint density at radius 3 is 1.65 bits per heavy atom. The number of hydrogen-bond acceptors (Lipinski definition) is 3. The number of hydrogen-bond donors (Lipinski definition) is 0. The van der Waals surface area contributed by atoms with Crippen molar-refractivity contribution in [1.29, 1.82) is 0 Å². The predicted molar refractivity (Wildman–Crippen MR) is 128 cm³/mol. The van der Waals surface area contributed by atoms with Crippen LogP contribution in [-0.2, 0) is 0 Å². The summed E-state index contributed by atoms with van der Waals surface area (Å²) >= 11 is 0. The molecule has 0 bridgehead atoms. The summed E-state index contributed by atoms with van der Waals surface area (Å²) in [6, 6.07) is 32.9.